The van der Waals surface area contributed by atoms with E-state index < -0.39 is 24.0 Å². The summed E-state index contributed by atoms with van der Waals surface area (Å²) in [6.45, 7) is 3.18. The summed E-state index contributed by atoms with van der Waals surface area (Å²) in [5.74, 6) is -0.600. The number of nitrogens with zero attached hydrogens (tertiary/aromatic N) is 1. The highest BCUT2D eigenvalue weighted by Crippen LogP contribution is 2.51. The minimum atomic E-state index is -4.48. The standard InChI is InChI=1S/C31H34F3N3O2S/c1-21-14-19-40-27(21)28(38)36-22-12-17-37(18-13-22)16-7-6-15-30(29(39)35-20-31(32,33)34)25-10-4-2-8-23(25)24-9-3-5-11-26(24)30/h2-5,8-11,14,19,22H,6-7,12-13,15-18,20H2,1H3,(H,35,39)(H,36,38). The number of carbonyl (C=O) groups excluding carboxylic acids is 2. The van der Waals surface area contributed by atoms with Gasteiger partial charge in [-0.05, 0) is 78.4 Å². The number of nitrogens with one attached hydrogen (secondary N) is 2. The zero-order chi connectivity index (χ0) is 28.3. The fourth-order valence-electron chi connectivity index (χ4n) is 6.17. The third-order valence-electron chi connectivity index (χ3n) is 8.17. The molecule has 0 unspecified atom stereocenters. The van der Waals surface area contributed by atoms with Crippen molar-refractivity contribution in [3.05, 3.63) is 81.5 Å². The lowest BCUT2D eigenvalue weighted by Crippen LogP contribution is -2.47. The van der Waals surface area contributed by atoms with Crippen molar-refractivity contribution in [2.24, 2.45) is 0 Å². The van der Waals surface area contributed by atoms with Crippen molar-refractivity contribution in [2.45, 2.75) is 56.7 Å². The van der Waals surface area contributed by atoms with Crippen LogP contribution in [-0.2, 0) is 10.2 Å². The smallest absolute Gasteiger partial charge is 0.349 e. The maximum Gasteiger partial charge on any atom is 0.405 e. The zero-order valence-electron chi connectivity index (χ0n) is 22.5. The topological polar surface area (TPSA) is 61.4 Å². The van der Waals surface area contributed by atoms with Gasteiger partial charge in [-0.1, -0.05) is 55.0 Å². The van der Waals surface area contributed by atoms with Crippen molar-refractivity contribution >= 4 is 23.2 Å². The van der Waals surface area contributed by atoms with Gasteiger partial charge < -0.3 is 15.5 Å². The number of amides is 2. The molecule has 5 nitrogen and oxygen atoms in total. The SMILES string of the molecule is Cc1ccsc1C(=O)NC1CCN(CCCCC2(C(=O)NCC(F)(F)F)c3ccccc3-c3ccccc32)CC1. The predicted octanol–water partition coefficient (Wildman–Crippen LogP) is 6.07. The number of rotatable bonds is 9. The summed E-state index contributed by atoms with van der Waals surface area (Å²) >= 11 is 1.46. The van der Waals surface area contributed by atoms with E-state index in [0.717, 1.165) is 71.6 Å². The summed E-state index contributed by atoms with van der Waals surface area (Å²) in [6.07, 6.45) is -0.790. The minimum absolute atomic E-state index is 0.00262. The Morgan fingerprint density at radius 1 is 0.975 bits per heavy atom. The van der Waals surface area contributed by atoms with Gasteiger partial charge in [-0.2, -0.15) is 13.2 Å². The number of carbonyl (C=O) groups is 2. The highest BCUT2D eigenvalue weighted by atomic mass is 32.1. The first kappa shape index (κ1) is 28.4. The molecular weight excluding hydrogens is 535 g/mol. The van der Waals surface area contributed by atoms with Gasteiger partial charge in [0.15, 0.2) is 0 Å². The Morgan fingerprint density at radius 3 is 2.17 bits per heavy atom. The molecule has 0 atom stereocenters. The maximum atomic E-state index is 13.6. The number of fused-ring (bicyclic) bond motifs is 3. The molecule has 2 heterocycles. The van der Waals surface area contributed by atoms with E-state index in [9.17, 15) is 22.8 Å². The number of alkyl halides is 3. The molecule has 1 aromatic heterocycles. The largest absolute Gasteiger partial charge is 0.405 e. The number of piperidine rings is 1. The van der Waals surface area contributed by atoms with Crippen LogP contribution in [0.25, 0.3) is 11.1 Å². The molecule has 40 heavy (non-hydrogen) atoms. The van der Waals surface area contributed by atoms with Gasteiger partial charge in [0.1, 0.15) is 12.0 Å². The van der Waals surface area contributed by atoms with Gasteiger partial charge in [0.25, 0.3) is 5.91 Å². The predicted molar refractivity (Wildman–Crippen MR) is 152 cm³/mol. The molecule has 2 aromatic carbocycles. The number of hydrogen-bond donors (Lipinski definition) is 2. The molecule has 212 valence electrons. The van der Waals surface area contributed by atoms with Crippen molar-refractivity contribution < 1.29 is 22.8 Å². The lowest BCUT2D eigenvalue weighted by molar-refractivity contribution is -0.141. The van der Waals surface area contributed by atoms with Crippen molar-refractivity contribution in [3.8, 4) is 11.1 Å². The third kappa shape index (κ3) is 5.81. The zero-order valence-corrected chi connectivity index (χ0v) is 23.3. The first-order valence-electron chi connectivity index (χ1n) is 13.8. The van der Waals surface area contributed by atoms with Crippen LogP contribution in [0.1, 0.15) is 58.5 Å². The Kier molecular flexibility index (Phi) is 8.33. The summed E-state index contributed by atoms with van der Waals surface area (Å²) in [6, 6.07) is 17.2. The summed E-state index contributed by atoms with van der Waals surface area (Å²) in [5.41, 5.74) is 3.19. The average molecular weight is 570 g/mol. The van der Waals surface area contributed by atoms with Gasteiger partial charge in [0.2, 0.25) is 5.91 Å². The highest BCUT2D eigenvalue weighted by molar-refractivity contribution is 7.12. The van der Waals surface area contributed by atoms with Crippen molar-refractivity contribution in [1.82, 2.24) is 15.5 Å². The number of aryl methyl sites for hydroxylation is 1. The molecule has 0 saturated carbocycles. The number of hydrogen-bond acceptors (Lipinski definition) is 4. The first-order chi connectivity index (χ1) is 19.2. The Morgan fingerprint density at radius 2 is 1.60 bits per heavy atom. The van der Waals surface area contributed by atoms with Crippen LogP contribution < -0.4 is 10.6 Å². The normalized spacial score (nSPS) is 16.8. The Hall–Kier alpha value is -3.17. The lowest BCUT2D eigenvalue weighted by atomic mass is 9.73. The minimum Gasteiger partial charge on any atom is -0.349 e. The molecule has 1 fully saturated rings. The molecule has 2 N–H and O–H groups in total. The Bertz CT molecular complexity index is 1320. The van der Waals surface area contributed by atoms with Crippen molar-refractivity contribution in [3.63, 3.8) is 0 Å². The van der Waals surface area contributed by atoms with Crippen LogP contribution in [0.4, 0.5) is 13.2 Å². The molecule has 9 heteroatoms. The van der Waals surface area contributed by atoms with E-state index in [-0.39, 0.29) is 11.9 Å². The van der Waals surface area contributed by atoms with E-state index in [2.05, 4.69) is 15.5 Å². The molecule has 0 spiro atoms. The molecule has 0 bridgehead atoms. The summed E-state index contributed by atoms with van der Waals surface area (Å²) in [7, 11) is 0. The van der Waals surface area contributed by atoms with Gasteiger partial charge in [-0.3, -0.25) is 9.59 Å². The van der Waals surface area contributed by atoms with E-state index in [1.165, 1.54) is 11.3 Å². The van der Waals surface area contributed by atoms with Crippen LogP contribution in [0.3, 0.4) is 0 Å². The van der Waals surface area contributed by atoms with Crippen LogP contribution in [0, 0.1) is 6.92 Å². The van der Waals surface area contributed by atoms with Gasteiger partial charge in [0.05, 0.1) is 4.88 Å². The lowest BCUT2D eigenvalue weighted by Gasteiger charge is -2.33. The second-order valence-corrected chi connectivity index (χ2v) is 11.7. The summed E-state index contributed by atoms with van der Waals surface area (Å²) in [4.78, 5) is 29.3. The number of halogens is 3. The molecule has 1 aliphatic heterocycles. The third-order valence-corrected chi connectivity index (χ3v) is 9.18. The summed E-state index contributed by atoms with van der Waals surface area (Å²) < 4.78 is 39.2. The molecular formula is C31H34F3N3O2S. The molecule has 1 saturated heterocycles. The molecule has 2 aliphatic rings. The number of unbranched alkanes of at least 4 members (excludes halogenated alkanes) is 1. The number of likely N-dealkylation sites (tertiary alicyclic amines) is 1. The fourth-order valence-corrected chi connectivity index (χ4v) is 7.00. The first-order valence-corrected chi connectivity index (χ1v) is 14.7. The monoisotopic (exact) mass is 569 g/mol. The molecule has 5 rings (SSSR count). The summed E-state index contributed by atoms with van der Waals surface area (Å²) in [5, 5.41) is 7.30. The molecule has 0 radical (unpaired) electrons. The second-order valence-electron chi connectivity index (χ2n) is 10.8. The molecule has 1 aliphatic carbocycles. The number of benzene rings is 2. The van der Waals surface area contributed by atoms with Crippen molar-refractivity contribution in [1.29, 1.82) is 0 Å². The second kappa shape index (κ2) is 11.7. The Balaban J connectivity index is 1.21. The Labute approximate surface area is 236 Å². The van der Waals surface area contributed by atoms with E-state index in [4.69, 9.17) is 0 Å². The van der Waals surface area contributed by atoms with Gasteiger partial charge in [0, 0.05) is 19.1 Å². The van der Waals surface area contributed by atoms with Crippen LogP contribution in [0.2, 0.25) is 0 Å². The van der Waals surface area contributed by atoms with Gasteiger partial charge in [-0.25, -0.2) is 0 Å². The van der Waals surface area contributed by atoms with Crippen LogP contribution in [0.15, 0.2) is 60.0 Å². The van der Waals surface area contributed by atoms with E-state index in [0.29, 0.717) is 12.8 Å². The highest BCUT2D eigenvalue weighted by Gasteiger charge is 2.49. The van der Waals surface area contributed by atoms with Gasteiger partial charge >= 0.3 is 6.18 Å². The van der Waals surface area contributed by atoms with Crippen molar-refractivity contribution in [2.75, 3.05) is 26.2 Å². The molecule has 3 aromatic rings. The van der Waals surface area contributed by atoms with E-state index >= 15 is 0 Å². The fraction of sp³-hybridized carbons (Fsp3) is 0.419. The number of thiophene rings is 1. The maximum absolute atomic E-state index is 13.6. The average Bonchev–Trinajstić information content (AvgIpc) is 3.50. The van der Waals surface area contributed by atoms with Gasteiger partial charge in [-0.15, -0.1) is 11.3 Å². The van der Waals surface area contributed by atoms with Crippen LogP contribution in [0.5, 0.6) is 0 Å². The molecule has 2 amide bonds. The van der Waals surface area contributed by atoms with Crippen LogP contribution >= 0.6 is 11.3 Å². The quantitative estimate of drug-likeness (QED) is 0.308. The van der Waals surface area contributed by atoms with E-state index in [1.807, 2.05) is 66.9 Å². The van der Waals surface area contributed by atoms with E-state index in [1.54, 1.807) is 0 Å². The van der Waals surface area contributed by atoms with Crippen LogP contribution in [-0.4, -0.2) is 55.1 Å².